The molecule has 1 fully saturated rings. The van der Waals surface area contributed by atoms with Gasteiger partial charge in [0.1, 0.15) is 30.0 Å². The van der Waals surface area contributed by atoms with Crippen LogP contribution in [0.5, 0.6) is 11.5 Å². The summed E-state index contributed by atoms with van der Waals surface area (Å²) in [6.45, 7) is 2.79. The first kappa shape index (κ1) is 28.0. The highest BCUT2D eigenvalue weighted by Gasteiger charge is 2.24. The monoisotopic (exact) mass is 534 g/mol. The number of likely N-dealkylation sites (N-methyl/N-ethyl adjacent to an activating group) is 1. The fraction of sp³-hybridized carbons (Fsp3) is 0.367. The number of piperidine rings is 1. The maximum absolute atomic E-state index is 13.3. The van der Waals surface area contributed by atoms with Gasteiger partial charge in [-0.1, -0.05) is 12.1 Å². The molecule has 0 aliphatic carbocycles. The fourth-order valence-corrected chi connectivity index (χ4v) is 4.31. The number of ether oxygens (including phenoxy) is 2. The van der Waals surface area contributed by atoms with E-state index in [4.69, 9.17) is 9.47 Å². The van der Waals surface area contributed by atoms with E-state index in [1.807, 2.05) is 54.2 Å². The Kier molecular flexibility index (Phi) is 9.85. The molecule has 0 radical (unpaired) electrons. The molecule has 0 bridgehead atoms. The second kappa shape index (κ2) is 13.7. The standard InChI is InChI=1S/C30H35FN4O4/c1-34(2)15-12-33-30(37)24-16-23(19-32-20-24)18-29(36)35-13-10-28(11-14-35)39-27-8-6-26(7-9-27)38-21-22-4-3-5-25(31)17-22/h3-9,16-17,19-20,28H,10-15,18,21H2,1-2H3,(H,33,37). The van der Waals surface area contributed by atoms with Crippen LogP contribution in [-0.2, 0) is 17.8 Å². The zero-order valence-electron chi connectivity index (χ0n) is 22.4. The van der Waals surface area contributed by atoms with E-state index in [0.29, 0.717) is 30.9 Å². The topological polar surface area (TPSA) is 84.0 Å². The molecular weight excluding hydrogens is 499 g/mol. The van der Waals surface area contributed by atoms with Crippen LogP contribution in [0.25, 0.3) is 0 Å². The number of amides is 2. The normalized spacial score (nSPS) is 13.8. The third-order valence-corrected chi connectivity index (χ3v) is 6.47. The van der Waals surface area contributed by atoms with Gasteiger partial charge in [-0.05, 0) is 67.7 Å². The molecule has 3 aromatic rings. The van der Waals surface area contributed by atoms with Crippen LogP contribution < -0.4 is 14.8 Å². The predicted octanol–water partition coefficient (Wildman–Crippen LogP) is 3.70. The molecule has 39 heavy (non-hydrogen) atoms. The third kappa shape index (κ3) is 8.78. The van der Waals surface area contributed by atoms with Crippen LogP contribution in [0.1, 0.15) is 34.3 Å². The van der Waals surface area contributed by atoms with E-state index < -0.39 is 0 Å². The van der Waals surface area contributed by atoms with Gasteiger partial charge in [0, 0.05) is 51.4 Å². The largest absolute Gasteiger partial charge is 0.490 e. The summed E-state index contributed by atoms with van der Waals surface area (Å²) in [4.78, 5) is 33.3. The molecule has 1 aliphatic heterocycles. The van der Waals surface area contributed by atoms with Crippen LogP contribution >= 0.6 is 0 Å². The van der Waals surface area contributed by atoms with Gasteiger partial charge < -0.3 is 24.6 Å². The van der Waals surface area contributed by atoms with Gasteiger partial charge in [0.25, 0.3) is 5.91 Å². The average Bonchev–Trinajstić information content (AvgIpc) is 2.93. The lowest BCUT2D eigenvalue weighted by molar-refractivity contribution is -0.132. The molecule has 0 atom stereocenters. The quantitative estimate of drug-likeness (QED) is 0.404. The third-order valence-electron chi connectivity index (χ3n) is 6.47. The van der Waals surface area contributed by atoms with Crippen LogP contribution in [0.4, 0.5) is 4.39 Å². The van der Waals surface area contributed by atoms with Gasteiger partial charge in [-0.2, -0.15) is 0 Å². The summed E-state index contributed by atoms with van der Waals surface area (Å²) in [7, 11) is 3.89. The predicted molar refractivity (Wildman–Crippen MR) is 146 cm³/mol. The molecule has 1 N–H and O–H groups in total. The van der Waals surface area contributed by atoms with Gasteiger partial charge in [-0.3, -0.25) is 14.6 Å². The number of hydrogen-bond donors (Lipinski definition) is 1. The average molecular weight is 535 g/mol. The Bertz CT molecular complexity index is 1240. The minimum Gasteiger partial charge on any atom is -0.490 e. The number of carbonyl (C=O) groups is 2. The van der Waals surface area contributed by atoms with Crippen LogP contribution in [0, 0.1) is 5.82 Å². The zero-order valence-corrected chi connectivity index (χ0v) is 22.4. The number of pyridine rings is 1. The lowest BCUT2D eigenvalue weighted by Crippen LogP contribution is -2.42. The molecule has 8 nitrogen and oxygen atoms in total. The van der Waals surface area contributed by atoms with Crippen molar-refractivity contribution in [3.05, 3.63) is 89.5 Å². The number of nitrogens with zero attached hydrogens (tertiary/aromatic N) is 3. The van der Waals surface area contributed by atoms with Gasteiger partial charge >= 0.3 is 0 Å². The first-order chi connectivity index (χ1) is 18.9. The van der Waals surface area contributed by atoms with Crippen LogP contribution in [0.3, 0.4) is 0 Å². The van der Waals surface area contributed by atoms with E-state index in [1.54, 1.807) is 18.3 Å². The van der Waals surface area contributed by atoms with Crippen molar-refractivity contribution in [3.8, 4) is 11.5 Å². The number of aromatic nitrogens is 1. The van der Waals surface area contributed by atoms with Crippen molar-refractivity contribution in [2.45, 2.75) is 32.0 Å². The molecule has 206 valence electrons. The molecule has 1 saturated heterocycles. The Morgan fingerprint density at radius 1 is 1.03 bits per heavy atom. The highest BCUT2D eigenvalue weighted by Crippen LogP contribution is 2.23. The molecule has 0 saturated carbocycles. The van der Waals surface area contributed by atoms with E-state index in [1.165, 1.54) is 18.3 Å². The Morgan fingerprint density at radius 3 is 2.49 bits per heavy atom. The summed E-state index contributed by atoms with van der Waals surface area (Å²) in [5.41, 5.74) is 1.94. The zero-order chi connectivity index (χ0) is 27.6. The number of halogens is 1. The van der Waals surface area contributed by atoms with E-state index in [2.05, 4.69) is 10.3 Å². The Hall–Kier alpha value is -3.98. The Balaban J connectivity index is 1.20. The van der Waals surface area contributed by atoms with Gasteiger partial charge in [-0.15, -0.1) is 0 Å². The van der Waals surface area contributed by atoms with Crippen molar-refractivity contribution < 1.29 is 23.5 Å². The summed E-state index contributed by atoms with van der Waals surface area (Å²) >= 11 is 0. The van der Waals surface area contributed by atoms with Gasteiger partial charge in [0.05, 0.1) is 12.0 Å². The van der Waals surface area contributed by atoms with Crippen molar-refractivity contribution >= 4 is 11.8 Å². The number of nitrogens with one attached hydrogen (secondary N) is 1. The summed E-state index contributed by atoms with van der Waals surface area (Å²) < 4.78 is 25.2. The maximum Gasteiger partial charge on any atom is 0.252 e. The lowest BCUT2D eigenvalue weighted by Gasteiger charge is -2.32. The molecule has 2 heterocycles. The van der Waals surface area contributed by atoms with Crippen LogP contribution in [0.2, 0.25) is 0 Å². The number of rotatable bonds is 11. The molecule has 0 unspecified atom stereocenters. The SMILES string of the molecule is CN(C)CCNC(=O)c1cncc(CC(=O)N2CCC(Oc3ccc(OCc4cccc(F)c4)cc3)CC2)c1. The van der Waals surface area contributed by atoms with Crippen molar-refractivity contribution in [1.29, 1.82) is 0 Å². The maximum atomic E-state index is 13.3. The van der Waals surface area contributed by atoms with Crippen molar-refractivity contribution in [2.24, 2.45) is 0 Å². The molecule has 0 spiro atoms. The van der Waals surface area contributed by atoms with Crippen molar-refractivity contribution in [1.82, 2.24) is 20.1 Å². The minimum atomic E-state index is -0.283. The Labute approximate surface area is 228 Å². The number of carbonyl (C=O) groups excluding carboxylic acids is 2. The van der Waals surface area contributed by atoms with E-state index >= 15 is 0 Å². The second-order valence-corrected chi connectivity index (χ2v) is 9.91. The Morgan fingerprint density at radius 2 is 1.77 bits per heavy atom. The number of likely N-dealkylation sites (tertiary alicyclic amines) is 1. The molecular formula is C30H35FN4O4. The van der Waals surface area contributed by atoms with Gasteiger partial charge in [0.15, 0.2) is 0 Å². The van der Waals surface area contributed by atoms with E-state index in [-0.39, 0.29) is 36.8 Å². The molecule has 2 amide bonds. The smallest absolute Gasteiger partial charge is 0.252 e. The van der Waals surface area contributed by atoms with Gasteiger partial charge in [-0.25, -0.2) is 4.39 Å². The van der Waals surface area contributed by atoms with E-state index in [0.717, 1.165) is 36.3 Å². The lowest BCUT2D eigenvalue weighted by atomic mass is 10.1. The van der Waals surface area contributed by atoms with Crippen LogP contribution in [0.15, 0.2) is 67.0 Å². The minimum absolute atomic E-state index is 0.0141. The number of hydrogen-bond acceptors (Lipinski definition) is 6. The van der Waals surface area contributed by atoms with Crippen molar-refractivity contribution in [3.63, 3.8) is 0 Å². The first-order valence-corrected chi connectivity index (χ1v) is 13.1. The molecule has 4 rings (SSSR count). The molecule has 1 aromatic heterocycles. The molecule has 9 heteroatoms. The summed E-state index contributed by atoms with van der Waals surface area (Å²) in [6, 6.07) is 15.4. The molecule has 2 aromatic carbocycles. The van der Waals surface area contributed by atoms with Gasteiger partial charge in [0.2, 0.25) is 5.91 Å². The fourth-order valence-electron chi connectivity index (χ4n) is 4.31. The van der Waals surface area contributed by atoms with Crippen molar-refractivity contribution in [2.75, 3.05) is 40.3 Å². The molecule has 1 aliphatic rings. The summed E-state index contributed by atoms with van der Waals surface area (Å²) in [5.74, 6) is 0.957. The first-order valence-electron chi connectivity index (χ1n) is 13.1. The summed E-state index contributed by atoms with van der Waals surface area (Å²) in [6.07, 6.45) is 4.84. The highest BCUT2D eigenvalue weighted by molar-refractivity contribution is 5.94. The second-order valence-electron chi connectivity index (χ2n) is 9.91. The number of benzene rings is 2. The highest BCUT2D eigenvalue weighted by atomic mass is 19.1. The summed E-state index contributed by atoms with van der Waals surface area (Å²) in [5, 5.41) is 2.87. The van der Waals surface area contributed by atoms with Crippen LogP contribution in [-0.4, -0.2) is 73.0 Å². The van der Waals surface area contributed by atoms with E-state index in [9.17, 15) is 14.0 Å².